The maximum absolute atomic E-state index is 6.04. The van der Waals surface area contributed by atoms with Crippen molar-refractivity contribution in [3.63, 3.8) is 0 Å². The maximum Gasteiger partial charge on any atom is 0.0865 e. The van der Waals surface area contributed by atoms with Crippen LogP contribution in [0.5, 0.6) is 0 Å². The molecule has 1 aliphatic heterocycles. The predicted octanol–water partition coefficient (Wildman–Crippen LogP) is 2.95. The molecule has 1 aromatic rings. The number of hydrogen-bond donors (Lipinski definition) is 1. The fourth-order valence-corrected chi connectivity index (χ4v) is 2.83. The summed E-state index contributed by atoms with van der Waals surface area (Å²) in [5, 5.41) is 3.47. The molecular weight excluding hydrogens is 250 g/mol. The zero-order valence-corrected chi connectivity index (χ0v) is 12.7. The van der Waals surface area contributed by atoms with Gasteiger partial charge in [-0.05, 0) is 30.4 Å². The van der Waals surface area contributed by atoms with Gasteiger partial charge in [-0.1, -0.05) is 31.2 Å². The van der Waals surface area contributed by atoms with Crippen molar-refractivity contribution in [2.45, 2.75) is 32.3 Å². The molecule has 3 nitrogen and oxygen atoms in total. The van der Waals surface area contributed by atoms with Crippen LogP contribution < -0.4 is 5.32 Å². The monoisotopic (exact) mass is 277 g/mol. The van der Waals surface area contributed by atoms with E-state index in [9.17, 15) is 0 Å². The summed E-state index contributed by atoms with van der Waals surface area (Å²) in [5.41, 5.74) is 2.71. The largest absolute Gasteiger partial charge is 0.383 e. The number of methoxy groups -OCH3 is 1. The summed E-state index contributed by atoms with van der Waals surface area (Å²) in [4.78, 5) is 0. The van der Waals surface area contributed by atoms with Crippen molar-refractivity contribution >= 4 is 0 Å². The number of ether oxygens (including phenoxy) is 2. The topological polar surface area (TPSA) is 30.5 Å². The highest BCUT2D eigenvalue weighted by molar-refractivity contribution is 5.25. The van der Waals surface area contributed by atoms with E-state index in [4.69, 9.17) is 9.47 Å². The molecule has 2 atom stereocenters. The van der Waals surface area contributed by atoms with Crippen molar-refractivity contribution in [1.82, 2.24) is 5.32 Å². The Morgan fingerprint density at radius 3 is 2.80 bits per heavy atom. The van der Waals surface area contributed by atoms with Crippen LogP contribution in [0.2, 0.25) is 0 Å². The molecular formula is C17H27NO2. The lowest BCUT2D eigenvalue weighted by atomic mass is 9.89. The minimum Gasteiger partial charge on any atom is -0.383 e. The van der Waals surface area contributed by atoms with Gasteiger partial charge in [0, 0.05) is 32.7 Å². The van der Waals surface area contributed by atoms with Crippen molar-refractivity contribution in [1.29, 1.82) is 0 Å². The third-order valence-electron chi connectivity index (χ3n) is 4.05. The molecule has 1 heterocycles. The first-order chi connectivity index (χ1) is 9.85. The molecule has 3 heteroatoms. The molecule has 0 saturated carbocycles. The molecule has 112 valence electrons. The maximum atomic E-state index is 6.04. The molecule has 0 aromatic heterocycles. The summed E-state index contributed by atoms with van der Waals surface area (Å²) in [7, 11) is 1.74. The number of hydrogen-bond acceptors (Lipinski definition) is 3. The molecule has 0 spiro atoms. The van der Waals surface area contributed by atoms with E-state index in [1.807, 2.05) is 0 Å². The van der Waals surface area contributed by atoms with Gasteiger partial charge in [0.25, 0.3) is 0 Å². The number of nitrogens with one attached hydrogen (secondary N) is 1. The Morgan fingerprint density at radius 1 is 1.30 bits per heavy atom. The minimum atomic E-state index is 0.240. The SMILES string of the molecule is CCc1ccc(C2OCCCC2CNCCOC)cc1. The molecule has 0 bridgehead atoms. The van der Waals surface area contributed by atoms with Gasteiger partial charge in [-0.25, -0.2) is 0 Å². The van der Waals surface area contributed by atoms with Crippen molar-refractivity contribution in [3.05, 3.63) is 35.4 Å². The summed E-state index contributed by atoms with van der Waals surface area (Å²) in [6, 6.07) is 8.92. The Balaban J connectivity index is 1.94. The highest BCUT2D eigenvalue weighted by Crippen LogP contribution is 2.33. The highest BCUT2D eigenvalue weighted by atomic mass is 16.5. The molecule has 1 aliphatic rings. The molecule has 1 N–H and O–H groups in total. The van der Waals surface area contributed by atoms with Gasteiger partial charge < -0.3 is 14.8 Å². The molecule has 0 aliphatic carbocycles. The lowest BCUT2D eigenvalue weighted by Gasteiger charge is -2.32. The fraction of sp³-hybridized carbons (Fsp3) is 0.647. The van der Waals surface area contributed by atoms with E-state index in [1.165, 1.54) is 24.0 Å². The van der Waals surface area contributed by atoms with E-state index < -0.39 is 0 Å². The first-order valence-corrected chi connectivity index (χ1v) is 7.75. The van der Waals surface area contributed by atoms with Crippen LogP contribution in [0, 0.1) is 5.92 Å². The molecule has 1 fully saturated rings. The van der Waals surface area contributed by atoms with Crippen LogP contribution in [0.3, 0.4) is 0 Å². The van der Waals surface area contributed by atoms with Gasteiger partial charge in [-0.3, -0.25) is 0 Å². The van der Waals surface area contributed by atoms with E-state index in [0.717, 1.165) is 32.7 Å². The Hall–Kier alpha value is -0.900. The average molecular weight is 277 g/mol. The Kier molecular flexibility index (Phi) is 6.51. The van der Waals surface area contributed by atoms with Gasteiger partial charge in [0.15, 0.2) is 0 Å². The Bertz CT molecular complexity index is 377. The quantitative estimate of drug-likeness (QED) is 0.777. The number of benzene rings is 1. The van der Waals surface area contributed by atoms with Gasteiger partial charge in [-0.2, -0.15) is 0 Å². The summed E-state index contributed by atoms with van der Waals surface area (Å²) >= 11 is 0. The van der Waals surface area contributed by atoms with Crippen LogP contribution in [0.4, 0.5) is 0 Å². The molecule has 0 amide bonds. The highest BCUT2D eigenvalue weighted by Gasteiger charge is 2.26. The number of rotatable bonds is 7. The summed E-state index contributed by atoms with van der Waals surface area (Å²) in [6.45, 7) is 5.75. The van der Waals surface area contributed by atoms with Crippen molar-refractivity contribution in [2.24, 2.45) is 5.92 Å². The van der Waals surface area contributed by atoms with E-state index in [1.54, 1.807) is 7.11 Å². The predicted molar refractivity (Wildman–Crippen MR) is 82.0 cm³/mol. The number of aryl methyl sites for hydroxylation is 1. The van der Waals surface area contributed by atoms with Crippen LogP contribution in [-0.4, -0.2) is 33.4 Å². The van der Waals surface area contributed by atoms with Gasteiger partial charge in [-0.15, -0.1) is 0 Å². The normalized spacial score (nSPS) is 22.9. The first kappa shape index (κ1) is 15.5. The van der Waals surface area contributed by atoms with E-state index in [-0.39, 0.29) is 6.10 Å². The van der Waals surface area contributed by atoms with Gasteiger partial charge in [0.2, 0.25) is 0 Å². The van der Waals surface area contributed by atoms with Crippen LogP contribution in [0.1, 0.15) is 37.0 Å². The van der Waals surface area contributed by atoms with Gasteiger partial charge in [0.1, 0.15) is 0 Å². The molecule has 2 rings (SSSR count). The van der Waals surface area contributed by atoms with Gasteiger partial charge >= 0.3 is 0 Å². The van der Waals surface area contributed by atoms with E-state index in [0.29, 0.717) is 5.92 Å². The molecule has 2 unspecified atom stereocenters. The average Bonchev–Trinajstić information content (AvgIpc) is 2.52. The minimum absolute atomic E-state index is 0.240. The second-order valence-corrected chi connectivity index (χ2v) is 5.49. The molecule has 1 aromatic carbocycles. The standard InChI is InChI=1S/C17H27NO2/c1-3-14-6-8-15(9-7-14)17-16(5-4-11-20-17)13-18-10-12-19-2/h6-9,16-18H,3-5,10-13H2,1-2H3. The Labute approximate surface area is 122 Å². The van der Waals surface area contributed by atoms with Crippen molar-refractivity contribution in [2.75, 3.05) is 33.4 Å². The third-order valence-corrected chi connectivity index (χ3v) is 4.05. The van der Waals surface area contributed by atoms with E-state index >= 15 is 0 Å². The van der Waals surface area contributed by atoms with Crippen molar-refractivity contribution in [3.8, 4) is 0 Å². The molecule has 20 heavy (non-hydrogen) atoms. The zero-order valence-electron chi connectivity index (χ0n) is 12.7. The lowest BCUT2D eigenvalue weighted by Crippen LogP contribution is -2.33. The Morgan fingerprint density at radius 2 is 2.10 bits per heavy atom. The summed E-state index contributed by atoms with van der Waals surface area (Å²) in [5.74, 6) is 0.563. The zero-order chi connectivity index (χ0) is 14.2. The second-order valence-electron chi connectivity index (χ2n) is 5.49. The van der Waals surface area contributed by atoms with Crippen LogP contribution in [0.15, 0.2) is 24.3 Å². The third kappa shape index (κ3) is 4.30. The fourth-order valence-electron chi connectivity index (χ4n) is 2.83. The first-order valence-electron chi connectivity index (χ1n) is 7.75. The van der Waals surface area contributed by atoms with Crippen LogP contribution >= 0.6 is 0 Å². The summed E-state index contributed by atoms with van der Waals surface area (Å²) in [6.07, 6.45) is 3.73. The summed E-state index contributed by atoms with van der Waals surface area (Å²) < 4.78 is 11.1. The van der Waals surface area contributed by atoms with E-state index in [2.05, 4.69) is 36.5 Å². The van der Waals surface area contributed by atoms with Crippen molar-refractivity contribution < 1.29 is 9.47 Å². The molecule has 1 saturated heterocycles. The second kappa shape index (κ2) is 8.40. The molecule has 0 radical (unpaired) electrons. The lowest BCUT2D eigenvalue weighted by molar-refractivity contribution is -0.0280. The van der Waals surface area contributed by atoms with Gasteiger partial charge in [0.05, 0.1) is 12.7 Å². The smallest absolute Gasteiger partial charge is 0.0865 e. The van der Waals surface area contributed by atoms with Crippen LogP contribution in [-0.2, 0) is 15.9 Å². The van der Waals surface area contributed by atoms with Crippen LogP contribution in [0.25, 0.3) is 0 Å².